The average Bonchev–Trinajstić information content (AvgIpc) is 2.55. The van der Waals surface area contributed by atoms with Gasteiger partial charge in [0.15, 0.2) is 0 Å². The molecule has 2 aliphatic rings. The molecule has 2 aromatic carbocycles. The highest BCUT2D eigenvalue weighted by atomic mass is 32.2. The number of hydrogen-bond acceptors (Lipinski definition) is 2. The van der Waals surface area contributed by atoms with Crippen LogP contribution in [0.5, 0.6) is 0 Å². The second kappa shape index (κ2) is 5.56. The van der Waals surface area contributed by atoms with E-state index in [0.29, 0.717) is 5.27 Å². The zero-order valence-corrected chi connectivity index (χ0v) is 14.0. The molecule has 0 bridgehead atoms. The highest BCUT2D eigenvalue weighted by Crippen LogP contribution is 2.53. The predicted octanol–water partition coefficient (Wildman–Crippen LogP) is 5.97. The van der Waals surface area contributed by atoms with Crippen molar-refractivity contribution in [3.8, 4) is 0 Å². The minimum Gasteiger partial charge on any atom is -0.154 e. The zero-order valence-electron chi connectivity index (χ0n) is 12.4. The standard InChI is InChI=1S/C19H15BS2/c1-3-8-16-15-10-5-7-12-18(15)22-20-19(16)13(2)14-9-4-6-11-17(14)21-20/h3-12H,2H2,1H3/b8-3-. The molecule has 0 nitrogen and oxygen atoms in total. The number of hydrogen-bond donors (Lipinski definition) is 0. The van der Waals surface area contributed by atoms with Gasteiger partial charge in [0, 0.05) is 9.79 Å². The van der Waals surface area contributed by atoms with E-state index in [-0.39, 0.29) is 0 Å². The maximum absolute atomic E-state index is 4.43. The Morgan fingerprint density at radius 2 is 1.50 bits per heavy atom. The van der Waals surface area contributed by atoms with Gasteiger partial charge in [-0.2, -0.15) is 23.2 Å². The first-order valence-corrected chi connectivity index (χ1v) is 9.14. The van der Waals surface area contributed by atoms with Crippen LogP contribution in [-0.2, 0) is 0 Å². The lowest BCUT2D eigenvalue weighted by atomic mass is 9.76. The number of fused-ring (bicyclic) bond motifs is 3. The van der Waals surface area contributed by atoms with Crippen LogP contribution in [0.3, 0.4) is 0 Å². The van der Waals surface area contributed by atoms with E-state index in [1.54, 1.807) is 0 Å². The summed E-state index contributed by atoms with van der Waals surface area (Å²) in [6.45, 7) is 6.51. The summed E-state index contributed by atoms with van der Waals surface area (Å²) in [7, 11) is 0. The van der Waals surface area contributed by atoms with E-state index in [1.165, 1.54) is 37.5 Å². The Kier molecular flexibility index (Phi) is 3.55. The molecule has 106 valence electrons. The number of rotatable bonds is 1. The normalized spacial score (nSPS) is 16.6. The van der Waals surface area contributed by atoms with Gasteiger partial charge in [0.05, 0.1) is 0 Å². The smallest absolute Gasteiger partial charge is 0.154 e. The lowest BCUT2D eigenvalue weighted by molar-refractivity contribution is 1.38. The Balaban J connectivity index is 1.98. The SMILES string of the molecule is C=C1C2=C(/C=C\C)c3ccccc3SB2Sc2ccccc21. The largest absolute Gasteiger partial charge is 0.318 e. The summed E-state index contributed by atoms with van der Waals surface area (Å²) in [6, 6.07) is 17.3. The van der Waals surface area contributed by atoms with Crippen molar-refractivity contribution in [2.75, 3.05) is 0 Å². The van der Waals surface area contributed by atoms with Gasteiger partial charge in [-0.3, -0.25) is 0 Å². The molecule has 0 unspecified atom stereocenters. The van der Waals surface area contributed by atoms with E-state index in [4.69, 9.17) is 0 Å². The predicted molar refractivity (Wildman–Crippen MR) is 101 cm³/mol. The lowest BCUT2D eigenvalue weighted by Gasteiger charge is -2.32. The van der Waals surface area contributed by atoms with Crippen molar-refractivity contribution in [1.29, 1.82) is 0 Å². The van der Waals surface area contributed by atoms with Gasteiger partial charge in [-0.05, 0) is 46.8 Å². The van der Waals surface area contributed by atoms with Crippen LogP contribution in [0.2, 0.25) is 0 Å². The van der Waals surface area contributed by atoms with Crippen LogP contribution < -0.4 is 0 Å². The molecule has 3 heteroatoms. The molecule has 0 spiro atoms. The average molecular weight is 318 g/mol. The molecule has 2 heterocycles. The highest BCUT2D eigenvalue weighted by Gasteiger charge is 2.36. The molecule has 0 saturated heterocycles. The van der Waals surface area contributed by atoms with E-state index in [0.717, 1.165) is 0 Å². The fraction of sp³-hybridized carbons (Fsp3) is 0.0526. The van der Waals surface area contributed by atoms with Crippen molar-refractivity contribution in [3.05, 3.63) is 83.9 Å². The van der Waals surface area contributed by atoms with Crippen molar-refractivity contribution in [2.45, 2.75) is 16.7 Å². The second-order valence-electron chi connectivity index (χ2n) is 5.37. The molecule has 0 radical (unpaired) electrons. The lowest BCUT2D eigenvalue weighted by Crippen LogP contribution is -2.20. The summed E-state index contributed by atoms with van der Waals surface area (Å²) < 4.78 is 0. The molecule has 0 N–H and O–H groups in total. The summed E-state index contributed by atoms with van der Waals surface area (Å²) in [4.78, 5) is 2.71. The van der Waals surface area contributed by atoms with Crippen molar-refractivity contribution in [1.82, 2.24) is 0 Å². The number of benzene rings is 2. The van der Waals surface area contributed by atoms with Crippen LogP contribution in [0.4, 0.5) is 0 Å². The highest BCUT2D eigenvalue weighted by molar-refractivity contribution is 8.55. The van der Waals surface area contributed by atoms with Crippen LogP contribution in [0.25, 0.3) is 11.1 Å². The zero-order chi connectivity index (χ0) is 15.1. The van der Waals surface area contributed by atoms with Crippen molar-refractivity contribution < 1.29 is 0 Å². The first kappa shape index (κ1) is 14.0. The molecule has 0 atom stereocenters. The summed E-state index contributed by atoms with van der Waals surface area (Å²) in [5.74, 6) is 0. The summed E-state index contributed by atoms with van der Waals surface area (Å²) in [5, 5.41) is 0.392. The molecule has 22 heavy (non-hydrogen) atoms. The summed E-state index contributed by atoms with van der Waals surface area (Å²) in [5.41, 5.74) is 6.49. The van der Waals surface area contributed by atoms with Crippen molar-refractivity contribution >= 4 is 39.6 Å². The number of allylic oxidation sites excluding steroid dienone is 5. The van der Waals surface area contributed by atoms with Crippen LogP contribution in [0.1, 0.15) is 18.1 Å². The molecule has 4 rings (SSSR count). The minimum atomic E-state index is 0.392. The van der Waals surface area contributed by atoms with Crippen LogP contribution in [-0.4, -0.2) is 5.27 Å². The quantitative estimate of drug-likeness (QED) is 0.594. The molecule has 0 amide bonds. The van der Waals surface area contributed by atoms with Crippen molar-refractivity contribution in [3.63, 3.8) is 0 Å². The van der Waals surface area contributed by atoms with Gasteiger partial charge in [-0.15, -0.1) is 0 Å². The van der Waals surface area contributed by atoms with Gasteiger partial charge in [0.2, 0.25) is 0 Å². The maximum atomic E-state index is 4.43. The maximum Gasteiger partial charge on any atom is 0.318 e. The third-order valence-electron chi connectivity index (χ3n) is 4.04. The topological polar surface area (TPSA) is 0 Å². The molecule has 2 aromatic rings. The van der Waals surface area contributed by atoms with Gasteiger partial charge in [-0.25, -0.2) is 0 Å². The first-order chi connectivity index (χ1) is 10.8. The van der Waals surface area contributed by atoms with Gasteiger partial charge >= 0.3 is 5.27 Å². The molecular weight excluding hydrogens is 303 g/mol. The summed E-state index contributed by atoms with van der Waals surface area (Å²) in [6.07, 6.45) is 4.37. The van der Waals surface area contributed by atoms with Crippen LogP contribution in [0, 0.1) is 0 Å². The molecule has 0 aromatic heterocycles. The van der Waals surface area contributed by atoms with E-state index in [2.05, 4.69) is 74.2 Å². The molecule has 0 fully saturated rings. The third kappa shape index (κ3) is 2.12. The Labute approximate surface area is 140 Å². The minimum absolute atomic E-state index is 0.392. The van der Waals surface area contributed by atoms with E-state index < -0.39 is 0 Å². The molecule has 2 aliphatic heterocycles. The van der Waals surface area contributed by atoms with Gasteiger partial charge in [-0.1, -0.05) is 55.1 Å². The molecular formula is C19H15BS2. The first-order valence-electron chi connectivity index (χ1n) is 7.38. The molecule has 0 saturated carbocycles. The van der Waals surface area contributed by atoms with E-state index in [9.17, 15) is 0 Å². The van der Waals surface area contributed by atoms with Gasteiger partial charge in [0.25, 0.3) is 0 Å². The third-order valence-corrected chi connectivity index (χ3v) is 6.74. The second-order valence-corrected chi connectivity index (χ2v) is 7.96. The Hall–Kier alpha value is -1.58. The summed E-state index contributed by atoms with van der Waals surface area (Å²) >= 11 is 3.90. The van der Waals surface area contributed by atoms with Crippen LogP contribution in [0.15, 0.2) is 82.5 Å². The van der Waals surface area contributed by atoms with Gasteiger partial charge in [0.1, 0.15) is 0 Å². The van der Waals surface area contributed by atoms with Crippen LogP contribution >= 0.6 is 23.2 Å². The van der Waals surface area contributed by atoms with Gasteiger partial charge < -0.3 is 0 Å². The fourth-order valence-electron chi connectivity index (χ4n) is 3.05. The molecule has 0 aliphatic carbocycles. The monoisotopic (exact) mass is 318 g/mol. The Morgan fingerprint density at radius 3 is 2.18 bits per heavy atom. The Morgan fingerprint density at radius 1 is 0.909 bits per heavy atom. The van der Waals surface area contributed by atoms with Crippen molar-refractivity contribution in [2.24, 2.45) is 0 Å². The van der Waals surface area contributed by atoms with E-state index in [1.807, 2.05) is 23.2 Å². The Bertz CT molecular complexity index is 833. The van der Waals surface area contributed by atoms with E-state index >= 15 is 0 Å². The fourth-order valence-corrected chi connectivity index (χ4v) is 6.04.